The monoisotopic (exact) mass is 871 g/mol. The first-order valence-electron chi connectivity index (χ1n) is 21.6. The van der Waals surface area contributed by atoms with Gasteiger partial charge in [0.1, 0.15) is 24.2 Å². The van der Waals surface area contributed by atoms with E-state index >= 15 is 0 Å². The summed E-state index contributed by atoms with van der Waals surface area (Å²) in [4.78, 5) is 99.7. The van der Waals surface area contributed by atoms with E-state index in [2.05, 4.69) is 42.2 Å². The number of ketones is 1. The Bertz CT molecular complexity index is 2100. The third kappa shape index (κ3) is 13.8. The van der Waals surface area contributed by atoms with Crippen LogP contribution in [0.5, 0.6) is 0 Å². The highest BCUT2D eigenvalue weighted by Crippen LogP contribution is 2.34. The fourth-order valence-electron chi connectivity index (χ4n) is 8.34. The second kappa shape index (κ2) is 23.2. The minimum atomic E-state index is -1.27. The van der Waals surface area contributed by atoms with Crippen LogP contribution in [0.3, 0.4) is 0 Å². The maximum absolute atomic E-state index is 14.4. The quantitative estimate of drug-likeness (QED) is 0.0685. The number of primary amides is 1. The third-order valence-electron chi connectivity index (χ3n) is 11.8. The number of benzene rings is 2. The zero-order chi connectivity index (χ0) is 45.5. The van der Waals surface area contributed by atoms with Crippen LogP contribution in [0.1, 0.15) is 68.9 Å². The van der Waals surface area contributed by atoms with Gasteiger partial charge in [-0.1, -0.05) is 48.5 Å². The number of para-hydroxylation sites is 1. The molecule has 5 rings (SSSR count). The predicted octanol–water partition coefficient (Wildman–Crippen LogP) is -0.735. The lowest BCUT2D eigenvalue weighted by Gasteiger charge is -2.28. The number of aromatic nitrogens is 1. The van der Waals surface area contributed by atoms with Gasteiger partial charge in [-0.05, 0) is 75.6 Å². The average Bonchev–Trinajstić information content (AvgIpc) is 3.86. The van der Waals surface area contributed by atoms with E-state index in [1.54, 1.807) is 43.6 Å². The summed E-state index contributed by atoms with van der Waals surface area (Å²) in [6, 6.07) is 10.6. The van der Waals surface area contributed by atoms with Crippen molar-refractivity contribution in [2.75, 3.05) is 20.1 Å². The van der Waals surface area contributed by atoms with Crippen molar-refractivity contribution in [2.24, 2.45) is 23.3 Å². The lowest BCUT2D eigenvalue weighted by molar-refractivity contribution is -0.137. The maximum atomic E-state index is 14.4. The molecule has 0 bridgehead atoms. The molecule has 6 amide bonds. The third-order valence-corrected chi connectivity index (χ3v) is 11.8. The topological polar surface area (TPSA) is 316 Å². The average molecular weight is 872 g/mol. The Balaban J connectivity index is 1.49. The second-order valence-electron chi connectivity index (χ2n) is 16.3. The van der Waals surface area contributed by atoms with E-state index in [1.807, 2.05) is 24.3 Å². The Morgan fingerprint density at radius 2 is 1.44 bits per heavy atom. The number of aliphatic hydroxyl groups excluding tert-OH is 1. The van der Waals surface area contributed by atoms with E-state index in [9.17, 15) is 38.7 Å². The van der Waals surface area contributed by atoms with Crippen LogP contribution in [0.2, 0.25) is 0 Å². The van der Waals surface area contributed by atoms with Gasteiger partial charge >= 0.3 is 0 Å². The number of carbonyl (C=O) groups is 7. The van der Waals surface area contributed by atoms with Crippen LogP contribution in [-0.2, 0) is 46.4 Å². The van der Waals surface area contributed by atoms with Crippen LogP contribution >= 0.6 is 0 Å². The van der Waals surface area contributed by atoms with Gasteiger partial charge in [0.25, 0.3) is 0 Å². The molecule has 63 heavy (non-hydrogen) atoms. The molecule has 2 fully saturated rings. The molecular formula is C44H61N11O8. The molecule has 1 aromatic heterocycles. The number of likely N-dealkylation sites (N-methyl/N-ethyl adjacent to an activating group) is 1. The number of Topliss-reactive ketones (excluding diaryl/α,β-unsaturated/α-hetero) is 1. The number of rotatable bonds is 10. The zero-order valence-electron chi connectivity index (χ0n) is 35.5. The van der Waals surface area contributed by atoms with E-state index in [0.29, 0.717) is 24.0 Å². The number of guanidine groups is 1. The summed E-state index contributed by atoms with van der Waals surface area (Å²) >= 11 is 0. The van der Waals surface area contributed by atoms with Crippen molar-refractivity contribution in [3.8, 4) is 0 Å². The second-order valence-corrected chi connectivity index (χ2v) is 16.3. The summed E-state index contributed by atoms with van der Waals surface area (Å²) in [7, 11) is 1.58. The minimum Gasteiger partial charge on any atom is -0.393 e. The van der Waals surface area contributed by atoms with Crippen LogP contribution in [0.15, 0.2) is 60.8 Å². The highest BCUT2D eigenvalue weighted by Gasteiger charge is 2.45. The standard InChI is InChI=1S/C44H61N11O8/c1-48-32-16-17-37(57)49-18-8-7-14-33(39(45)59)52-43(63)36(21-26-24-51-31-13-6-5-12-28(26)31)55-41(61)34(15-9-19-50-44(46)47)53-42(62)35(20-25-10-3-2-4-11-25)54-40(60)30-23-27(56)22-29(30)38(32)58/h2-6,10-13,24,27,29-30,32-36,48,51,56H,7-9,14-23H2,1H3,(H2,45,59)(H,49,57)(H,52,63)(H,53,62)(H,54,60)(H,55,61)(H4,46,47,50)/t27-,29?,30+,32-,33-,34-,35+,36-/m0/s1. The molecular weight excluding hydrogens is 811 g/mol. The molecule has 1 unspecified atom stereocenters. The predicted molar refractivity (Wildman–Crippen MR) is 234 cm³/mol. The Kier molecular flexibility index (Phi) is 17.6. The molecule has 0 radical (unpaired) electrons. The van der Waals surface area contributed by atoms with Crippen molar-refractivity contribution in [1.82, 2.24) is 42.2 Å². The number of fused-ring (bicyclic) bond motifs is 2. The van der Waals surface area contributed by atoms with Gasteiger partial charge in [-0.3, -0.25) is 39.0 Å². The summed E-state index contributed by atoms with van der Waals surface area (Å²) < 4.78 is 0. The number of nitrogens with one attached hydrogen (secondary N) is 9. The number of aromatic amines is 1. The summed E-state index contributed by atoms with van der Waals surface area (Å²) in [6.45, 7) is 0.432. The molecule has 3 aromatic rings. The molecule has 14 N–H and O–H groups in total. The number of hydrogen-bond donors (Lipinski definition) is 12. The molecule has 2 heterocycles. The van der Waals surface area contributed by atoms with Gasteiger partial charge in [0.05, 0.1) is 18.1 Å². The molecule has 2 aliphatic rings. The van der Waals surface area contributed by atoms with Gasteiger partial charge in [0.2, 0.25) is 35.4 Å². The van der Waals surface area contributed by atoms with Crippen molar-refractivity contribution in [3.05, 3.63) is 71.9 Å². The number of H-pyrrole nitrogens is 1. The van der Waals surface area contributed by atoms with Gasteiger partial charge in [-0.15, -0.1) is 0 Å². The SMILES string of the molecule is CN[C@H]1CCC(=O)NCCCC[C@@H](C(N)=O)NC(=O)[C@H](Cc2c[nH]c3ccccc23)NC(=O)[C@H](CCCNC(=N)N)NC(=O)[C@@H](Cc2ccccc2)NC(=O)[C@@H]2C[C@@H](O)CC2C1=O. The largest absolute Gasteiger partial charge is 0.393 e. The van der Waals surface area contributed by atoms with Crippen LogP contribution in [0.4, 0.5) is 0 Å². The van der Waals surface area contributed by atoms with Crippen LogP contribution in [-0.4, -0.2) is 114 Å². The lowest BCUT2D eigenvalue weighted by Crippen LogP contribution is -2.59. The molecule has 19 nitrogen and oxygen atoms in total. The molecule has 1 saturated carbocycles. The molecule has 0 spiro atoms. The Morgan fingerprint density at radius 3 is 2.17 bits per heavy atom. The summed E-state index contributed by atoms with van der Waals surface area (Å²) in [5.41, 5.74) is 13.4. The van der Waals surface area contributed by atoms with Crippen molar-refractivity contribution >= 4 is 58.1 Å². The van der Waals surface area contributed by atoms with Gasteiger partial charge in [0, 0.05) is 55.4 Å². The maximum Gasteiger partial charge on any atom is 0.243 e. The molecule has 19 heteroatoms. The molecule has 1 aliphatic heterocycles. The van der Waals surface area contributed by atoms with Crippen LogP contribution in [0, 0.1) is 17.2 Å². The smallest absolute Gasteiger partial charge is 0.243 e. The van der Waals surface area contributed by atoms with Crippen LogP contribution in [0.25, 0.3) is 10.9 Å². The summed E-state index contributed by atoms with van der Waals surface area (Å²) in [5, 5.41) is 38.7. The number of amides is 6. The fraction of sp³-hybridized carbons (Fsp3) is 0.500. The van der Waals surface area contributed by atoms with Gasteiger partial charge in [0.15, 0.2) is 11.7 Å². The number of carbonyl (C=O) groups excluding carboxylic acids is 7. The number of nitrogens with two attached hydrogens (primary N) is 2. The Morgan fingerprint density at radius 1 is 0.794 bits per heavy atom. The molecule has 1 aliphatic carbocycles. The molecule has 2 aromatic carbocycles. The van der Waals surface area contributed by atoms with Crippen molar-refractivity contribution < 1.29 is 38.7 Å². The zero-order valence-corrected chi connectivity index (χ0v) is 35.5. The lowest BCUT2D eigenvalue weighted by atomic mass is 9.86. The molecule has 340 valence electrons. The van der Waals surface area contributed by atoms with Gasteiger partial charge < -0.3 is 58.8 Å². The van der Waals surface area contributed by atoms with Crippen molar-refractivity contribution in [2.45, 2.75) is 107 Å². The van der Waals surface area contributed by atoms with E-state index in [0.717, 1.165) is 10.9 Å². The summed E-state index contributed by atoms with van der Waals surface area (Å²) in [6.07, 6.45) is 2.11. The summed E-state index contributed by atoms with van der Waals surface area (Å²) in [5.74, 6) is -6.41. The first kappa shape index (κ1) is 47.7. The molecule has 1 saturated heterocycles. The minimum absolute atomic E-state index is 0.000877. The molecule has 8 atom stereocenters. The van der Waals surface area contributed by atoms with Gasteiger partial charge in [-0.25, -0.2) is 0 Å². The Hall–Kier alpha value is -6.34. The van der Waals surface area contributed by atoms with E-state index in [1.165, 1.54) is 0 Å². The van der Waals surface area contributed by atoms with E-state index in [-0.39, 0.29) is 88.5 Å². The first-order chi connectivity index (χ1) is 30.2. The van der Waals surface area contributed by atoms with Gasteiger partial charge in [-0.2, -0.15) is 0 Å². The normalized spacial score (nSPS) is 26.3. The van der Waals surface area contributed by atoms with E-state index < -0.39 is 77.7 Å². The highest BCUT2D eigenvalue weighted by molar-refractivity contribution is 5.97. The Labute approximate surface area is 365 Å². The first-order valence-corrected chi connectivity index (χ1v) is 21.6. The van der Waals surface area contributed by atoms with Crippen molar-refractivity contribution in [3.63, 3.8) is 0 Å². The fourth-order valence-corrected chi connectivity index (χ4v) is 8.34. The van der Waals surface area contributed by atoms with Crippen LogP contribution < -0.4 is 48.7 Å². The highest BCUT2D eigenvalue weighted by atomic mass is 16.3. The number of aliphatic hydroxyl groups is 1. The van der Waals surface area contributed by atoms with Crippen molar-refractivity contribution in [1.29, 1.82) is 5.41 Å². The number of hydrogen-bond acceptors (Lipinski definition) is 10. The van der Waals surface area contributed by atoms with E-state index in [4.69, 9.17) is 16.9 Å².